The number of ether oxygens (including phenoxy) is 1. The van der Waals surface area contributed by atoms with E-state index < -0.39 is 0 Å². The Labute approximate surface area is 166 Å². The Morgan fingerprint density at radius 2 is 1.78 bits per heavy atom. The van der Waals surface area contributed by atoms with Crippen LogP contribution in [0.25, 0.3) is 0 Å². The van der Waals surface area contributed by atoms with Crippen LogP contribution in [0, 0.1) is 0 Å². The molecule has 0 aliphatic heterocycles. The van der Waals surface area contributed by atoms with Gasteiger partial charge in [-0.2, -0.15) is 0 Å². The minimum Gasteiger partial charge on any atom is -0.379 e. The molecule has 0 fully saturated rings. The molecule has 2 rings (SSSR count). The predicted molar refractivity (Wildman–Crippen MR) is 114 cm³/mol. The van der Waals surface area contributed by atoms with E-state index in [-0.39, 0.29) is 0 Å². The number of thiocarbonyl (C=S) groups is 1. The van der Waals surface area contributed by atoms with Crippen LogP contribution in [0.2, 0.25) is 0 Å². The molecule has 0 unspecified atom stereocenters. The van der Waals surface area contributed by atoms with E-state index in [0.29, 0.717) is 30.8 Å². The van der Waals surface area contributed by atoms with Gasteiger partial charge in [-0.25, -0.2) is 0 Å². The maximum absolute atomic E-state index is 5.82. The maximum Gasteiger partial charge on any atom is 0.194 e. The number of pyridine rings is 1. The Morgan fingerprint density at radius 1 is 1.04 bits per heavy atom. The zero-order valence-electron chi connectivity index (χ0n) is 15.4. The second-order valence-electron chi connectivity index (χ2n) is 5.95. The number of guanidine groups is 1. The third-order valence-electron chi connectivity index (χ3n) is 3.81. The average molecular weight is 386 g/mol. The topological polar surface area (TPSA) is 84.6 Å². The van der Waals surface area contributed by atoms with Gasteiger partial charge in [0.05, 0.1) is 19.8 Å². The lowest BCUT2D eigenvalue weighted by Crippen LogP contribution is -2.43. The number of hydrogen-bond donors (Lipinski definition) is 3. The number of rotatable bonds is 10. The number of nitrogens with one attached hydrogen (secondary N) is 2. The first-order valence-corrected chi connectivity index (χ1v) is 9.50. The third kappa shape index (κ3) is 9.67. The van der Waals surface area contributed by atoms with Crippen molar-refractivity contribution in [2.24, 2.45) is 10.7 Å². The molecular weight excluding hydrogens is 358 g/mol. The molecule has 1 aromatic carbocycles. The maximum atomic E-state index is 5.82. The van der Waals surface area contributed by atoms with Gasteiger partial charge >= 0.3 is 0 Å². The summed E-state index contributed by atoms with van der Waals surface area (Å²) in [5, 5.41) is 6.49. The van der Waals surface area contributed by atoms with E-state index in [4.69, 9.17) is 22.7 Å². The molecule has 0 bridgehead atoms. The Morgan fingerprint density at radius 3 is 2.56 bits per heavy atom. The van der Waals surface area contributed by atoms with E-state index in [1.807, 2.05) is 30.3 Å². The zero-order valence-corrected chi connectivity index (χ0v) is 16.3. The molecule has 0 saturated heterocycles. The molecule has 4 N–H and O–H groups in total. The number of aromatic nitrogens is 1. The Hall–Kier alpha value is -2.51. The SMILES string of the molecule is NC(=NCCOCCc1ccccc1)NC(=S)NCCCc1ccncc1. The number of aliphatic imine (C=N–C) groups is 1. The van der Waals surface area contributed by atoms with Gasteiger partial charge in [0.25, 0.3) is 0 Å². The normalized spacial score (nSPS) is 11.2. The van der Waals surface area contributed by atoms with Crippen molar-refractivity contribution < 1.29 is 4.74 Å². The molecule has 1 aromatic heterocycles. The van der Waals surface area contributed by atoms with Crippen molar-refractivity contribution in [1.29, 1.82) is 0 Å². The molecule has 0 aliphatic rings. The van der Waals surface area contributed by atoms with Gasteiger partial charge in [0.2, 0.25) is 0 Å². The summed E-state index contributed by atoms with van der Waals surface area (Å²) in [7, 11) is 0. The zero-order chi connectivity index (χ0) is 19.2. The molecule has 0 amide bonds. The molecule has 0 radical (unpaired) electrons. The molecule has 2 aromatic rings. The highest BCUT2D eigenvalue weighted by molar-refractivity contribution is 7.80. The van der Waals surface area contributed by atoms with Gasteiger partial charge < -0.3 is 21.1 Å². The molecule has 1 heterocycles. The molecule has 7 heteroatoms. The predicted octanol–water partition coefficient (Wildman–Crippen LogP) is 2.05. The van der Waals surface area contributed by atoms with E-state index in [0.717, 1.165) is 25.8 Å². The van der Waals surface area contributed by atoms with Crippen LogP contribution in [-0.2, 0) is 17.6 Å². The molecule has 0 aliphatic carbocycles. The van der Waals surface area contributed by atoms with Gasteiger partial charge in [-0.15, -0.1) is 0 Å². The summed E-state index contributed by atoms with van der Waals surface area (Å²) in [6.45, 7) is 2.47. The van der Waals surface area contributed by atoms with Crippen molar-refractivity contribution in [3.05, 3.63) is 66.0 Å². The fourth-order valence-corrected chi connectivity index (χ4v) is 2.62. The highest BCUT2D eigenvalue weighted by atomic mass is 32.1. The summed E-state index contributed by atoms with van der Waals surface area (Å²) in [6.07, 6.45) is 6.45. The van der Waals surface area contributed by atoms with Gasteiger partial charge in [-0.1, -0.05) is 30.3 Å². The number of benzene rings is 1. The van der Waals surface area contributed by atoms with Gasteiger partial charge in [0, 0.05) is 18.9 Å². The van der Waals surface area contributed by atoms with E-state index in [1.165, 1.54) is 11.1 Å². The van der Waals surface area contributed by atoms with Crippen molar-refractivity contribution in [2.45, 2.75) is 19.3 Å². The van der Waals surface area contributed by atoms with Crippen molar-refractivity contribution in [2.75, 3.05) is 26.3 Å². The first-order chi connectivity index (χ1) is 13.2. The second-order valence-corrected chi connectivity index (χ2v) is 6.36. The van der Waals surface area contributed by atoms with Crippen molar-refractivity contribution in [3.8, 4) is 0 Å². The molecule has 27 heavy (non-hydrogen) atoms. The highest BCUT2D eigenvalue weighted by Gasteiger charge is 1.99. The summed E-state index contributed by atoms with van der Waals surface area (Å²) in [4.78, 5) is 8.22. The number of nitrogens with two attached hydrogens (primary N) is 1. The molecule has 0 spiro atoms. The largest absolute Gasteiger partial charge is 0.379 e. The first kappa shape index (κ1) is 20.8. The van der Waals surface area contributed by atoms with E-state index in [1.54, 1.807) is 12.4 Å². The van der Waals surface area contributed by atoms with Gasteiger partial charge in [-0.05, 0) is 54.7 Å². The highest BCUT2D eigenvalue weighted by Crippen LogP contribution is 2.00. The summed E-state index contributed by atoms with van der Waals surface area (Å²) >= 11 is 5.21. The standard InChI is InChI=1S/C20H27N5OS/c21-19(23-14-16-26-15-10-17-5-2-1-3-6-17)25-20(27)24-11-4-7-18-8-12-22-13-9-18/h1-3,5-6,8-9,12-13H,4,7,10-11,14-16H2,(H4,21,23,24,25,27). The first-order valence-electron chi connectivity index (χ1n) is 9.09. The van der Waals surface area contributed by atoms with Crippen molar-refractivity contribution in [3.63, 3.8) is 0 Å². The minimum absolute atomic E-state index is 0.299. The van der Waals surface area contributed by atoms with Gasteiger partial charge in [0.1, 0.15) is 0 Å². The molecule has 6 nitrogen and oxygen atoms in total. The van der Waals surface area contributed by atoms with E-state index >= 15 is 0 Å². The second kappa shape index (κ2) is 12.8. The Bertz CT molecular complexity index is 694. The molecule has 144 valence electrons. The van der Waals surface area contributed by atoms with Crippen LogP contribution in [0.4, 0.5) is 0 Å². The molecule has 0 saturated carbocycles. The fourth-order valence-electron chi connectivity index (χ4n) is 2.41. The lowest BCUT2D eigenvalue weighted by Gasteiger charge is -2.10. The lowest BCUT2D eigenvalue weighted by atomic mass is 10.1. The van der Waals surface area contributed by atoms with Crippen LogP contribution in [0.3, 0.4) is 0 Å². The summed E-state index contributed by atoms with van der Waals surface area (Å²) in [5.74, 6) is 0.299. The number of hydrogen-bond acceptors (Lipinski definition) is 4. The Kier molecular flexibility index (Phi) is 9.84. The number of aryl methyl sites for hydroxylation is 1. The average Bonchev–Trinajstić information content (AvgIpc) is 2.69. The van der Waals surface area contributed by atoms with Crippen molar-refractivity contribution in [1.82, 2.24) is 15.6 Å². The van der Waals surface area contributed by atoms with Crippen LogP contribution < -0.4 is 16.4 Å². The summed E-state index contributed by atoms with van der Waals surface area (Å²) in [6, 6.07) is 14.3. The minimum atomic E-state index is 0.299. The van der Waals surface area contributed by atoms with Crippen LogP contribution in [-0.4, -0.2) is 42.4 Å². The van der Waals surface area contributed by atoms with E-state index in [9.17, 15) is 0 Å². The Balaban J connectivity index is 1.49. The molecular formula is C20H27N5OS. The van der Waals surface area contributed by atoms with Gasteiger partial charge in [0.15, 0.2) is 11.1 Å². The van der Waals surface area contributed by atoms with Crippen LogP contribution in [0.5, 0.6) is 0 Å². The summed E-state index contributed by atoms with van der Waals surface area (Å²) in [5.41, 5.74) is 8.35. The third-order valence-corrected chi connectivity index (χ3v) is 4.06. The van der Waals surface area contributed by atoms with Crippen LogP contribution >= 0.6 is 12.2 Å². The fraction of sp³-hybridized carbons (Fsp3) is 0.350. The van der Waals surface area contributed by atoms with Crippen molar-refractivity contribution >= 4 is 23.3 Å². The monoisotopic (exact) mass is 385 g/mol. The summed E-state index contributed by atoms with van der Waals surface area (Å²) < 4.78 is 5.57. The van der Waals surface area contributed by atoms with Crippen LogP contribution in [0.1, 0.15) is 17.5 Å². The lowest BCUT2D eigenvalue weighted by molar-refractivity contribution is 0.145. The number of nitrogens with zero attached hydrogens (tertiary/aromatic N) is 2. The smallest absolute Gasteiger partial charge is 0.194 e. The van der Waals surface area contributed by atoms with E-state index in [2.05, 4.69) is 32.7 Å². The quantitative estimate of drug-likeness (QED) is 0.251. The van der Waals surface area contributed by atoms with Crippen LogP contribution in [0.15, 0.2) is 59.9 Å². The van der Waals surface area contributed by atoms with Gasteiger partial charge in [-0.3, -0.25) is 9.98 Å². The molecule has 0 atom stereocenters.